The van der Waals surface area contributed by atoms with Crippen LogP contribution in [0.2, 0.25) is 0 Å². The molecule has 0 unspecified atom stereocenters. The van der Waals surface area contributed by atoms with Gasteiger partial charge in [-0.25, -0.2) is 8.42 Å². The van der Waals surface area contributed by atoms with Crippen LogP contribution in [0.1, 0.15) is 5.56 Å². The zero-order chi connectivity index (χ0) is 21.3. The van der Waals surface area contributed by atoms with Gasteiger partial charge in [-0.2, -0.15) is 0 Å². The van der Waals surface area contributed by atoms with E-state index < -0.39 is 9.84 Å². The number of benzene rings is 4. The summed E-state index contributed by atoms with van der Waals surface area (Å²) in [6.07, 6.45) is 0. The van der Waals surface area contributed by atoms with E-state index in [0.717, 1.165) is 29.1 Å². The van der Waals surface area contributed by atoms with Crippen LogP contribution in [0.4, 0.5) is 5.69 Å². The smallest absolute Gasteiger partial charge is 0.206 e. The van der Waals surface area contributed by atoms with E-state index in [9.17, 15) is 8.42 Å². The lowest BCUT2D eigenvalue weighted by atomic mass is 10.1. The van der Waals surface area contributed by atoms with E-state index in [2.05, 4.69) is 29.2 Å². The van der Waals surface area contributed by atoms with Crippen LogP contribution in [-0.2, 0) is 16.4 Å². The van der Waals surface area contributed by atoms with Gasteiger partial charge in [0.1, 0.15) is 0 Å². The van der Waals surface area contributed by atoms with Gasteiger partial charge in [0.15, 0.2) is 0 Å². The molecule has 5 heteroatoms. The summed E-state index contributed by atoms with van der Waals surface area (Å²) in [6.45, 7) is 0.758. The second-order valence-electron chi connectivity index (χ2n) is 7.48. The molecule has 0 bridgehead atoms. The van der Waals surface area contributed by atoms with Crippen molar-refractivity contribution >= 4 is 27.3 Å². The Kier molecular flexibility index (Phi) is 5.30. The standard InChI is InChI=1S/C26H21NO2S2/c28-31(29,24-10-6-9-22(17-24)21-7-2-1-3-8-21)23-15-13-20(14-16-23)18-27-19-30-26-12-5-4-11-25(26)27/h1-17H,18-19H2. The highest BCUT2D eigenvalue weighted by Gasteiger charge is 2.21. The fraction of sp³-hybridized carbons (Fsp3) is 0.0769. The van der Waals surface area contributed by atoms with Gasteiger partial charge in [-0.3, -0.25) is 0 Å². The highest BCUT2D eigenvalue weighted by molar-refractivity contribution is 7.99. The molecule has 1 heterocycles. The molecular formula is C26H21NO2S2. The van der Waals surface area contributed by atoms with Crippen molar-refractivity contribution in [2.75, 3.05) is 10.8 Å². The first kappa shape index (κ1) is 19.9. The normalized spacial score (nSPS) is 13.2. The van der Waals surface area contributed by atoms with Crippen LogP contribution in [0.5, 0.6) is 0 Å². The summed E-state index contributed by atoms with van der Waals surface area (Å²) in [4.78, 5) is 4.23. The van der Waals surface area contributed by atoms with Crippen molar-refractivity contribution in [1.29, 1.82) is 0 Å². The lowest BCUT2D eigenvalue weighted by Crippen LogP contribution is -2.18. The fourth-order valence-corrected chi connectivity index (χ4v) is 6.14. The predicted octanol–water partition coefficient (Wildman–Crippen LogP) is 6.26. The maximum Gasteiger partial charge on any atom is 0.206 e. The minimum Gasteiger partial charge on any atom is -0.357 e. The van der Waals surface area contributed by atoms with Crippen molar-refractivity contribution < 1.29 is 8.42 Å². The molecule has 31 heavy (non-hydrogen) atoms. The molecule has 1 aliphatic heterocycles. The van der Waals surface area contributed by atoms with E-state index in [0.29, 0.717) is 9.79 Å². The summed E-state index contributed by atoms with van der Waals surface area (Å²) >= 11 is 1.83. The molecule has 3 nitrogen and oxygen atoms in total. The molecule has 0 radical (unpaired) electrons. The molecule has 0 amide bonds. The van der Waals surface area contributed by atoms with Crippen LogP contribution in [0.3, 0.4) is 0 Å². The van der Waals surface area contributed by atoms with E-state index >= 15 is 0 Å². The van der Waals surface area contributed by atoms with Crippen LogP contribution < -0.4 is 4.90 Å². The average Bonchev–Trinajstić information content (AvgIpc) is 3.23. The number of fused-ring (bicyclic) bond motifs is 1. The number of nitrogens with zero attached hydrogens (tertiary/aromatic N) is 1. The Morgan fingerprint density at radius 1 is 0.710 bits per heavy atom. The minimum absolute atomic E-state index is 0.312. The molecule has 0 atom stereocenters. The second kappa shape index (κ2) is 8.25. The van der Waals surface area contributed by atoms with Gasteiger partial charge in [0.2, 0.25) is 9.84 Å². The molecule has 4 aromatic rings. The maximum atomic E-state index is 13.2. The third-order valence-corrected chi connectivity index (χ3v) is 8.30. The first-order valence-corrected chi connectivity index (χ1v) is 12.5. The van der Waals surface area contributed by atoms with Crippen molar-refractivity contribution in [2.24, 2.45) is 0 Å². The number of para-hydroxylation sites is 1. The molecule has 0 saturated heterocycles. The summed E-state index contributed by atoms with van der Waals surface area (Å²) in [7, 11) is -3.58. The third kappa shape index (κ3) is 3.99. The van der Waals surface area contributed by atoms with Gasteiger partial charge in [-0.15, -0.1) is 11.8 Å². The Labute approximate surface area is 187 Å². The van der Waals surface area contributed by atoms with Crippen LogP contribution in [0.15, 0.2) is 118 Å². The lowest BCUT2D eigenvalue weighted by molar-refractivity contribution is 0.596. The average molecular weight is 444 g/mol. The van der Waals surface area contributed by atoms with Crippen LogP contribution in [-0.4, -0.2) is 14.3 Å². The first-order chi connectivity index (χ1) is 15.1. The van der Waals surface area contributed by atoms with Gasteiger partial charge < -0.3 is 4.90 Å². The highest BCUT2D eigenvalue weighted by atomic mass is 32.2. The largest absolute Gasteiger partial charge is 0.357 e. The van der Waals surface area contributed by atoms with Gasteiger partial charge in [-0.1, -0.05) is 66.7 Å². The van der Waals surface area contributed by atoms with Crippen LogP contribution in [0.25, 0.3) is 11.1 Å². The zero-order valence-corrected chi connectivity index (χ0v) is 18.4. The molecule has 0 aliphatic carbocycles. The molecule has 0 aromatic heterocycles. The summed E-state index contributed by atoms with van der Waals surface area (Å²) in [5.41, 5.74) is 4.22. The molecule has 4 aromatic carbocycles. The van der Waals surface area contributed by atoms with Gasteiger partial charge >= 0.3 is 0 Å². The molecule has 1 aliphatic rings. The monoisotopic (exact) mass is 443 g/mol. The van der Waals surface area contributed by atoms with E-state index in [1.807, 2.05) is 60.3 Å². The number of thioether (sulfide) groups is 1. The van der Waals surface area contributed by atoms with Crippen LogP contribution in [0, 0.1) is 0 Å². The van der Waals surface area contributed by atoms with Gasteiger partial charge in [-0.05, 0) is 53.1 Å². The van der Waals surface area contributed by atoms with E-state index in [1.165, 1.54) is 10.6 Å². The van der Waals surface area contributed by atoms with Crippen molar-refractivity contribution in [3.8, 4) is 11.1 Å². The SMILES string of the molecule is O=S(=O)(c1ccc(CN2CSc3ccccc32)cc1)c1cccc(-c2ccccc2)c1. The highest BCUT2D eigenvalue weighted by Crippen LogP contribution is 2.38. The molecule has 0 spiro atoms. The second-order valence-corrected chi connectivity index (χ2v) is 10.4. The number of anilines is 1. The number of sulfone groups is 1. The van der Waals surface area contributed by atoms with E-state index in [1.54, 1.807) is 30.3 Å². The quantitative estimate of drug-likeness (QED) is 0.365. The van der Waals surface area contributed by atoms with Gasteiger partial charge in [0.05, 0.1) is 21.4 Å². The van der Waals surface area contributed by atoms with Gasteiger partial charge in [0, 0.05) is 11.4 Å². The summed E-state index contributed by atoms with van der Waals surface area (Å²) < 4.78 is 26.4. The summed E-state index contributed by atoms with van der Waals surface area (Å²) in [5, 5.41) is 0. The zero-order valence-electron chi connectivity index (χ0n) is 16.8. The Balaban J connectivity index is 1.38. The fourth-order valence-electron chi connectivity index (χ4n) is 3.79. The predicted molar refractivity (Wildman–Crippen MR) is 127 cm³/mol. The lowest BCUT2D eigenvalue weighted by Gasteiger charge is -2.18. The minimum atomic E-state index is -3.58. The third-order valence-electron chi connectivity index (χ3n) is 5.44. The number of hydrogen-bond acceptors (Lipinski definition) is 4. The topological polar surface area (TPSA) is 37.4 Å². The van der Waals surface area contributed by atoms with Crippen molar-refractivity contribution in [2.45, 2.75) is 21.2 Å². The molecule has 0 N–H and O–H groups in total. The molecular weight excluding hydrogens is 422 g/mol. The van der Waals surface area contributed by atoms with Gasteiger partial charge in [0.25, 0.3) is 0 Å². The maximum absolute atomic E-state index is 13.2. The number of rotatable bonds is 5. The van der Waals surface area contributed by atoms with Crippen molar-refractivity contribution in [3.05, 3.63) is 109 Å². The molecule has 0 fully saturated rings. The van der Waals surface area contributed by atoms with E-state index in [-0.39, 0.29) is 0 Å². The Morgan fingerprint density at radius 3 is 2.23 bits per heavy atom. The Morgan fingerprint density at radius 2 is 1.42 bits per heavy atom. The first-order valence-electron chi connectivity index (χ1n) is 10.1. The molecule has 0 saturated carbocycles. The Bertz CT molecular complexity index is 1320. The molecule has 5 rings (SSSR count). The van der Waals surface area contributed by atoms with E-state index in [4.69, 9.17) is 0 Å². The van der Waals surface area contributed by atoms with Crippen molar-refractivity contribution in [3.63, 3.8) is 0 Å². The van der Waals surface area contributed by atoms with Crippen LogP contribution >= 0.6 is 11.8 Å². The molecule has 154 valence electrons. The summed E-state index contributed by atoms with van der Waals surface area (Å²) in [6, 6.07) is 32.6. The summed E-state index contributed by atoms with van der Waals surface area (Å²) in [5.74, 6) is 0.908. The number of hydrogen-bond donors (Lipinski definition) is 0. The Hall–Kier alpha value is -3.02. The van der Waals surface area contributed by atoms with Crippen molar-refractivity contribution in [1.82, 2.24) is 0 Å².